The molecule has 1 N–H and O–H groups in total. The van der Waals surface area contributed by atoms with Gasteiger partial charge in [-0.25, -0.2) is 0 Å². The van der Waals surface area contributed by atoms with Crippen molar-refractivity contribution in [2.24, 2.45) is 0 Å². The molecule has 96 valence electrons. The minimum atomic E-state index is 0.125. The third-order valence-corrected chi connectivity index (χ3v) is 2.96. The molecule has 1 unspecified atom stereocenters. The Kier molecular flexibility index (Phi) is 5.16. The highest BCUT2D eigenvalue weighted by Crippen LogP contribution is 2.19. The van der Waals surface area contributed by atoms with Crippen molar-refractivity contribution in [1.29, 1.82) is 0 Å². The molecule has 0 amide bonds. The highest BCUT2D eigenvalue weighted by Gasteiger charge is 2.13. The SMILES string of the molecule is C#CCCCNC(c1ccccc1)c1ccccn1. The average molecular weight is 250 g/mol. The van der Waals surface area contributed by atoms with Gasteiger partial charge in [0.25, 0.3) is 0 Å². The van der Waals surface area contributed by atoms with E-state index in [-0.39, 0.29) is 6.04 Å². The summed E-state index contributed by atoms with van der Waals surface area (Å²) >= 11 is 0. The summed E-state index contributed by atoms with van der Waals surface area (Å²) in [6.07, 6.45) is 8.89. The molecular weight excluding hydrogens is 232 g/mol. The van der Waals surface area contributed by atoms with E-state index in [0.29, 0.717) is 0 Å². The normalized spacial score (nSPS) is 11.7. The van der Waals surface area contributed by atoms with Crippen LogP contribution in [0, 0.1) is 12.3 Å². The van der Waals surface area contributed by atoms with Crippen LogP contribution in [0.5, 0.6) is 0 Å². The molecular formula is C17H18N2. The minimum Gasteiger partial charge on any atom is -0.305 e. The molecule has 1 aromatic heterocycles. The van der Waals surface area contributed by atoms with E-state index in [1.807, 2.05) is 42.6 Å². The lowest BCUT2D eigenvalue weighted by molar-refractivity contribution is 0.578. The minimum absolute atomic E-state index is 0.125. The molecule has 0 fully saturated rings. The maximum absolute atomic E-state index is 5.28. The van der Waals surface area contributed by atoms with Crippen LogP contribution in [0.4, 0.5) is 0 Å². The van der Waals surface area contributed by atoms with Crippen molar-refractivity contribution in [3.63, 3.8) is 0 Å². The maximum Gasteiger partial charge on any atom is 0.0751 e. The summed E-state index contributed by atoms with van der Waals surface area (Å²) in [5.74, 6) is 2.67. The van der Waals surface area contributed by atoms with E-state index in [1.54, 1.807) is 0 Å². The fourth-order valence-corrected chi connectivity index (χ4v) is 2.02. The fourth-order valence-electron chi connectivity index (χ4n) is 2.02. The molecule has 0 aliphatic carbocycles. The first-order valence-corrected chi connectivity index (χ1v) is 6.54. The quantitative estimate of drug-likeness (QED) is 0.629. The summed E-state index contributed by atoms with van der Waals surface area (Å²) < 4.78 is 0. The Labute approximate surface area is 114 Å². The van der Waals surface area contributed by atoms with Crippen LogP contribution >= 0.6 is 0 Å². The van der Waals surface area contributed by atoms with Gasteiger partial charge in [0.15, 0.2) is 0 Å². The first-order valence-electron chi connectivity index (χ1n) is 6.54. The molecule has 0 radical (unpaired) electrons. The van der Waals surface area contributed by atoms with Crippen molar-refractivity contribution in [2.75, 3.05) is 6.54 Å². The monoisotopic (exact) mass is 250 g/mol. The van der Waals surface area contributed by atoms with E-state index in [0.717, 1.165) is 25.1 Å². The second-order valence-electron chi connectivity index (χ2n) is 4.36. The summed E-state index contributed by atoms with van der Waals surface area (Å²) in [7, 11) is 0. The lowest BCUT2D eigenvalue weighted by atomic mass is 10.0. The van der Waals surface area contributed by atoms with Crippen LogP contribution in [0.15, 0.2) is 54.7 Å². The van der Waals surface area contributed by atoms with E-state index in [1.165, 1.54) is 5.56 Å². The van der Waals surface area contributed by atoms with Gasteiger partial charge in [0.1, 0.15) is 0 Å². The number of rotatable bonds is 6. The molecule has 2 heteroatoms. The van der Waals surface area contributed by atoms with Crippen molar-refractivity contribution in [3.05, 3.63) is 66.0 Å². The van der Waals surface area contributed by atoms with Crippen molar-refractivity contribution >= 4 is 0 Å². The fraction of sp³-hybridized carbons (Fsp3) is 0.235. The van der Waals surface area contributed by atoms with Gasteiger partial charge in [0, 0.05) is 12.6 Å². The van der Waals surface area contributed by atoms with E-state index in [4.69, 9.17) is 6.42 Å². The van der Waals surface area contributed by atoms with Crippen LogP contribution in [0.3, 0.4) is 0 Å². The zero-order valence-corrected chi connectivity index (χ0v) is 10.9. The van der Waals surface area contributed by atoms with Crippen LogP contribution in [-0.4, -0.2) is 11.5 Å². The largest absolute Gasteiger partial charge is 0.305 e. The standard InChI is InChI=1S/C17H18N2/c1-2-3-8-14-19-17(15-10-5-4-6-11-15)16-12-7-9-13-18-16/h1,4-7,9-13,17,19H,3,8,14H2. The van der Waals surface area contributed by atoms with Crippen molar-refractivity contribution in [3.8, 4) is 12.3 Å². The Morgan fingerprint density at radius 2 is 1.89 bits per heavy atom. The van der Waals surface area contributed by atoms with Crippen molar-refractivity contribution < 1.29 is 0 Å². The van der Waals surface area contributed by atoms with Crippen LogP contribution in [0.1, 0.15) is 30.1 Å². The molecule has 2 rings (SSSR count). The Bertz CT molecular complexity index is 474. The smallest absolute Gasteiger partial charge is 0.0751 e. The van der Waals surface area contributed by atoms with E-state index < -0.39 is 0 Å². The van der Waals surface area contributed by atoms with Gasteiger partial charge >= 0.3 is 0 Å². The lowest BCUT2D eigenvalue weighted by Crippen LogP contribution is -2.24. The first-order chi connectivity index (χ1) is 9.42. The molecule has 0 aliphatic heterocycles. The molecule has 0 aliphatic rings. The van der Waals surface area contributed by atoms with Gasteiger partial charge < -0.3 is 5.32 Å². The number of hydrogen-bond donors (Lipinski definition) is 1. The Morgan fingerprint density at radius 1 is 1.11 bits per heavy atom. The molecule has 19 heavy (non-hydrogen) atoms. The molecule has 0 saturated carbocycles. The van der Waals surface area contributed by atoms with Gasteiger partial charge in [-0.15, -0.1) is 12.3 Å². The average Bonchev–Trinajstić information content (AvgIpc) is 2.49. The van der Waals surface area contributed by atoms with Gasteiger partial charge in [-0.2, -0.15) is 0 Å². The second-order valence-corrected chi connectivity index (χ2v) is 4.36. The molecule has 1 heterocycles. The number of nitrogens with zero attached hydrogens (tertiary/aromatic N) is 1. The molecule has 0 spiro atoms. The van der Waals surface area contributed by atoms with Crippen LogP contribution < -0.4 is 5.32 Å². The van der Waals surface area contributed by atoms with Gasteiger partial charge in [-0.1, -0.05) is 36.4 Å². The van der Waals surface area contributed by atoms with Gasteiger partial charge in [-0.3, -0.25) is 4.98 Å². The van der Waals surface area contributed by atoms with Crippen molar-refractivity contribution in [1.82, 2.24) is 10.3 Å². The molecule has 2 nitrogen and oxygen atoms in total. The zero-order valence-electron chi connectivity index (χ0n) is 10.9. The number of nitrogens with one attached hydrogen (secondary N) is 1. The van der Waals surface area contributed by atoms with E-state index >= 15 is 0 Å². The molecule has 1 atom stereocenters. The Hall–Kier alpha value is -2.11. The Morgan fingerprint density at radius 3 is 2.58 bits per heavy atom. The number of aromatic nitrogens is 1. The van der Waals surface area contributed by atoms with E-state index in [9.17, 15) is 0 Å². The highest BCUT2D eigenvalue weighted by atomic mass is 14.9. The van der Waals surface area contributed by atoms with Crippen LogP contribution in [-0.2, 0) is 0 Å². The Balaban J connectivity index is 2.13. The highest BCUT2D eigenvalue weighted by molar-refractivity contribution is 5.27. The first kappa shape index (κ1) is 13.3. The predicted octanol–water partition coefficient (Wildman–Crippen LogP) is 3.17. The zero-order chi connectivity index (χ0) is 13.3. The van der Waals surface area contributed by atoms with Crippen LogP contribution in [0.2, 0.25) is 0 Å². The molecule has 0 bridgehead atoms. The molecule has 2 aromatic rings. The summed E-state index contributed by atoms with van der Waals surface area (Å²) in [5.41, 5.74) is 2.26. The van der Waals surface area contributed by atoms with Gasteiger partial charge in [-0.05, 0) is 30.7 Å². The topological polar surface area (TPSA) is 24.9 Å². The van der Waals surface area contributed by atoms with Gasteiger partial charge in [0.2, 0.25) is 0 Å². The lowest BCUT2D eigenvalue weighted by Gasteiger charge is -2.18. The maximum atomic E-state index is 5.28. The van der Waals surface area contributed by atoms with Gasteiger partial charge in [0.05, 0.1) is 11.7 Å². The number of hydrogen-bond acceptors (Lipinski definition) is 2. The number of unbranched alkanes of at least 4 members (excludes halogenated alkanes) is 1. The molecule has 0 saturated heterocycles. The van der Waals surface area contributed by atoms with E-state index in [2.05, 4.69) is 28.4 Å². The number of terminal acetylenes is 1. The summed E-state index contributed by atoms with van der Waals surface area (Å²) in [5, 5.41) is 3.53. The van der Waals surface area contributed by atoms with Crippen LogP contribution in [0.25, 0.3) is 0 Å². The summed E-state index contributed by atoms with van der Waals surface area (Å²) in [6, 6.07) is 16.5. The number of pyridine rings is 1. The molecule has 1 aromatic carbocycles. The third kappa shape index (κ3) is 3.94. The summed E-state index contributed by atoms with van der Waals surface area (Å²) in [6.45, 7) is 0.889. The number of benzene rings is 1. The third-order valence-electron chi connectivity index (χ3n) is 2.96. The predicted molar refractivity (Wildman–Crippen MR) is 78.6 cm³/mol. The second kappa shape index (κ2) is 7.35. The summed E-state index contributed by atoms with van der Waals surface area (Å²) in [4.78, 5) is 4.45. The van der Waals surface area contributed by atoms with Crippen molar-refractivity contribution in [2.45, 2.75) is 18.9 Å².